The minimum atomic E-state index is -3.08. The lowest BCUT2D eigenvalue weighted by Crippen LogP contribution is -2.49. The lowest BCUT2D eigenvalue weighted by atomic mass is 10.3. The van der Waals surface area contributed by atoms with Gasteiger partial charge in [0.05, 0.1) is 10.9 Å². The maximum atomic E-state index is 12.3. The molecule has 1 saturated heterocycles. The van der Waals surface area contributed by atoms with Gasteiger partial charge in [-0.05, 0) is 44.9 Å². The van der Waals surface area contributed by atoms with E-state index in [1.807, 2.05) is 32.0 Å². The van der Waals surface area contributed by atoms with Gasteiger partial charge in [-0.2, -0.15) is 9.40 Å². The van der Waals surface area contributed by atoms with Crippen molar-refractivity contribution in [1.82, 2.24) is 24.3 Å². The number of piperazine rings is 1. The van der Waals surface area contributed by atoms with Gasteiger partial charge in [-0.25, -0.2) is 13.1 Å². The first-order chi connectivity index (χ1) is 11.9. The molecule has 2 aliphatic rings. The Kier molecular flexibility index (Phi) is 3.99. The SMILES string of the molecule is Cc1cc(C)n(-c2ccc(N3CCN(S(=O)(=O)C4CC4)CC3)nn2)n1. The molecule has 0 amide bonds. The molecule has 0 radical (unpaired) electrons. The fraction of sp³-hybridized carbons (Fsp3) is 0.562. The van der Waals surface area contributed by atoms with Crippen LogP contribution in [0.5, 0.6) is 0 Å². The summed E-state index contributed by atoms with van der Waals surface area (Å²) in [6, 6.07) is 5.81. The number of hydrogen-bond donors (Lipinski definition) is 0. The minimum Gasteiger partial charge on any atom is -0.352 e. The summed E-state index contributed by atoms with van der Waals surface area (Å²) in [6.45, 7) is 6.23. The van der Waals surface area contributed by atoms with Gasteiger partial charge in [-0.1, -0.05) is 0 Å². The second-order valence-corrected chi connectivity index (χ2v) is 8.93. The standard InChI is InChI=1S/C16H22N6O2S/c1-12-11-13(2)22(19-12)16-6-5-15(17-18-16)20-7-9-21(10-8-20)25(23,24)14-3-4-14/h5-6,11,14H,3-4,7-10H2,1-2H3. The molecule has 134 valence electrons. The van der Waals surface area contributed by atoms with Crippen LogP contribution < -0.4 is 4.90 Å². The summed E-state index contributed by atoms with van der Waals surface area (Å²) in [5.41, 5.74) is 1.95. The molecule has 0 spiro atoms. The highest BCUT2D eigenvalue weighted by Crippen LogP contribution is 2.31. The first-order valence-electron chi connectivity index (χ1n) is 8.56. The molecule has 8 nitrogen and oxygen atoms in total. The fourth-order valence-electron chi connectivity index (χ4n) is 3.21. The summed E-state index contributed by atoms with van der Waals surface area (Å²) in [6.07, 6.45) is 1.61. The van der Waals surface area contributed by atoms with E-state index in [0.717, 1.165) is 30.0 Å². The van der Waals surface area contributed by atoms with Gasteiger partial charge >= 0.3 is 0 Å². The molecule has 2 aromatic rings. The van der Waals surface area contributed by atoms with E-state index in [0.29, 0.717) is 32.0 Å². The van der Waals surface area contributed by atoms with Crippen molar-refractivity contribution in [2.24, 2.45) is 0 Å². The third-order valence-electron chi connectivity index (χ3n) is 4.73. The molecule has 0 atom stereocenters. The second-order valence-electron chi connectivity index (χ2n) is 6.72. The van der Waals surface area contributed by atoms with E-state index in [2.05, 4.69) is 20.2 Å². The van der Waals surface area contributed by atoms with Gasteiger partial charge < -0.3 is 4.90 Å². The Hall–Kier alpha value is -2.00. The number of rotatable bonds is 4. The molecular formula is C16H22N6O2S. The van der Waals surface area contributed by atoms with E-state index in [9.17, 15) is 8.42 Å². The van der Waals surface area contributed by atoms with E-state index in [4.69, 9.17) is 0 Å². The predicted octanol–water partition coefficient (Wildman–Crippen LogP) is 0.893. The topological polar surface area (TPSA) is 84.2 Å². The summed E-state index contributed by atoms with van der Waals surface area (Å²) in [5, 5.41) is 12.9. The van der Waals surface area contributed by atoms with E-state index in [1.165, 1.54) is 0 Å². The predicted molar refractivity (Wildman–Crippen MR) is 94.4 cm³/mol. The fourth-order valence-corrected chi connectivity index (χ4v) is 5.03. The van der Waals surface area contributed by atoms with Crippen LogP contribution in [0.2, 0.25) is 0 Å². The Bertz CT molecular complexity index is 865. The third-order valence-corrected chi connectivity index (χ3v) is 7.13. The van der Waals surface area contributed by atoms with Crippen LogP contribution in [0.1, 0.15) is 24.2 Å². The van der Waals surface area contributed by atoms with Crippen molar-refractivity contribution >= 4 is 15.8 Å². The van der Waals surface area contributed by atoms with Crippen molar-refractivity contribution in [3.8, 4) is 5.82 Å². The molecule has 1 aliphatic heterocycles. The van der Waals surface area contributed by atoms with E-state index < -0.39 is 10.0 Å². The van der Waals surface area contributed by atoms with Gasteiger partial charge in [0, 0.05) is 31.9 Å². The van der Waals surface area contributed by atoms with Crippen LogP contribution in [0.4, 0.5) is 5.82 Å². The lowest BCUT2D eigenvalue weighted by molar-refractivity contribution is 0.382. The van der Waals surface area contributed by atoms with Crippen molar-refractivity contribution in [3.63, 3.8) is 0 Å². The number of aromatic nitrogens is 4. The quantitative estimate of drug-likeness (QED) is 0.803. The monoisotopic (exact) mass is 362 g/mol. The summed E-state index contributed by atoms with van der Waals surface area (Å²) in [4.78, 5) is 2.08. The van der Waals surface area contributed by atoms with Crippen LogP contribution in [0, 0.1) is 13.8 Å². The van der Waals surface area contributed by atoms with Crippen LogP contribution in [0.15, 0.2) is 18.2 Å². The maximum Gasteiger partial charge on any atom is 0.217 e. The molecule has 25 heavy (non-hydrogen) atoms. The average Bonchev–Trinajstić information content (AvgIpc) is 3.41. The number of anilines is 1. The summed E-state index contributed by atoms with van der Waals surface area (Å²) in [5.74, 6) is 1.46. The number of sulfonamides is 1. The van der Waals surface area contributed by atoms with Crippen LogP contribution in [-0.4, -0.2) is 64.1 Å². The Morgan fingerprint density at radius 2 is 1.64 bits per heavy atom. The molecule has 1 saturated carbocycles. The largest absolute Gasteiger partial charge is 0.352 e. The van der Waals surface area contributed by atoms with Crippen molar-refractivity contribution in [3.05, 3.63) is 29.6 Å². The van der Waals surface area contributed by atoms with Crippen LogP contribution >= 0.6 is 0 Å². The Labute approximate surface area is 147 Å². The van der Waals surface area contributed by atoms with Gasteiger partial charge in [-0.15, -0.1) is 10.2 Å². The van der Waals surface area contributed by atoms with Crippen LogP contribution in [0.3, 0.4) is 0 Å². The second kappa shape index (κ2) is 6.06. The lowest BCUT2D eigenvalue weighted by Gasteiger charge is -2.34. The Balaban J connectivity index is 1.44. The van der Waals surface area contributed by atoms with Gasteiger partial charge in [-0.3, -0.25) is 0 Å². The van der Waals surface area contributed by atoms with Crippen molar-refractivity contribution in [2.45, 2.75) is 31.9 Å². The van der Waals surface area contributed by atoms with Crippen LogP contribution in [-0.2, 0) is 10.0 Å². The van der Waals surface area contributed by atoms with E-state index in [1.54, 1.807) is 8.99 Å². The summed E-state index contributed by atoms with van der Waals surface area (Å²) >= 11 is 0. The molecule has 0 bridgehead atoms. The van der Waals surface area contributed by atoms with Crippen molar-refractivity contribution < 1.29 is 8.42 Å². The molecule has 0 N–H and O–H groups in total. The highest BCUT2D eigenvalue weighted by atomic mass is 32.2. The zero-order valence-electron chi connectivity index (χ0n) is 14.5. The number of aryl methyl sites for hydroxylation is 2. The molecule has 9 heteroatoms. The zero-order valence-corrected chi connectivity index (χ0v) is 15.3. The normalized spacial score (nSPS) is 19.4. The highest BCUT2D eigenvalue weighted by Gasteiger charge is 2.41. The van der Waals surface area contributed by atoms with Crippen molar-refractivity contribution in [1.29, 1.82) is 0 Å². The summed E-state index contributed by atoms with van der Waals surface area (Å²) < 4.78 is 28.0. The molecule has 4 rings (SSSR count). The molecule has 2 fully saturated rings. The molecular weight excluding hydrogens is 340 g/mol. The zero-order chi connectivity index (χ0) is 17.6. The Morgan fingerprint density at radius 1 is 1.00 bits per heavy atom. The van der Waals surface area contributed by atoms with Gasteiger partial charge in [0.25, 0.3) is 0 Å². The molecule has 0 unspecified atom stereocenters. The maximum absolute atomic E-state index is 12.3. The Morgan fingerprint density at radius 3 is 2.16 bits per heavy atom. The molecule has 1 aliphatic carbocycles. The average molecular weight is 362 g/mol. The summed E-state index contributed by atoms with van der Waals surface area (Å²) in [7, 11) is -3.08. The molecule has 2 aromatic heterocycles. The highest BCUT2D eigenvalue weighted by molar-refractivity contribution is 7.90. The van der Waals surface area contributed by atoms with Gasteiger partial charge in [0.1, 0.15) is 0 Å². The van der Waals surface area contributed by atoms with Gasteiger partial charge in [0.15, 0.2) is 11.6 Å². The van der Waals surface area contributed by atoms with E-state index in [-0.39, 0.29) is 5.25 Å². The number of hydrogen-bond acceptors (Lipinski definition) is 6. The number of nitrogens with zero attached hydrogens (tertiary/aromatic N) is 6. The molecule has 3 heterocycles. The smallest absolute Gasteiger partial charge is 0.217 e. The van der Waals surface area contributed by atoms with Crippen LogP contribution in [0.25, 0.3) is 5.82 Å². The minimum absolute atomic E-state index is 0.140. The van der Waals surface area contributed by atoms with Gasteiger partial charge in [0.2, 0.25) is 10.0 Å². The van der Waals surface area contributed by atoms with E-state index >= 15 is 0 Å². The van der Waals surface area contributed by atoms with Crippen molar-refractivity contribution in [2.75, 3.05) is 31.1 Å². The third kappa shape index (κ3) is 3.13. The first kappa shape index (κ1) is 16.5. The molecule has 0 aromatic carbocycles. The first-order valence-corrected chi connectivity index (χ1v) is 10.1.